The maximum Gasteiger partial charge on any atom is 0.313 e. The van der Waals surface area contributed by atoms with E-state index in [0.29, 0.717) is 13.1 Å². The Labute approximate surface area is 133 Å². The Morgan fingerprint density at radius 3 is 2.83 bits per heavy atom. The molecule has 23 heavy (non-hydrogen) atoms. The van der Waals surface area contributed by atoms with Gasteiger partial charge in [0.15, 0.2) is 5.82 Å². The normalized spacial score (nSPS) is 13.5. The van der Waals surface area contributed by atoms with Crippen molar-refractivity contribution in [3.63, 3.8) is 0 Å². The zero-order valence-electron chi connectivity index (χ0n) is 12.8. The number of hydrogen-bond donors (Lipinski definition) is 0. The Morgan fingerprint density at radius 2 is 2.04 bits per heavy atom. The van der Waals surface area contributed by atoms with E-state index in [-0.39, 0.29) is 24.7 Å². The van der Waals surface area contributed by atoms with Gasteiger partial charge in [0.05, 0.1) is 7.11 Å². The van der Waals surface area contributed by atoms with Crippen molar-refractivity contribution in [1.29, 1.82) is 0 Å². The van der Waals surface area contributed by atoms with Crippen LogP contribution in [0.2, 0.25) is 0 Å². The monoisotopic (exact) mass is 315 g/mol. The summed E-state index contributed by atoms with van der Waals surface area (Å²) in [6.07, 6.45) is 0.794. The Kier molecular flexibility index (Phi) is 4.31. The molecule has 0 saturated carbocycles. The highest BCUT2D eigenvalue weighted by atomic mass is 16.5. The molecule has 0 spiro atoms. The van der Waals surface area contributed by atoms with Crippen molar-refractivity contribution in [1.82, 2.24) is 25.1 Å². The van der Waals surface area contributed by atoms with Gasteiger partial charge in [-0.1, -0.05) is 24.3 Å². The second-order valence-electron chi connectivity index (χ2n) is 5.32. The smallest absolute Gasteiger partial charge is 0.313 e. The van der Waals surface area contributed by atoms with Gasteiger partial charge in [0.25, 0.3) is 0 Å². The largest absolute Gasteiger partial charge is 0.469 e. The van der Waals surface area contributed by atoms with Crippen molar-refractivity contribution in [2.75, 3.05) is 13.7 Å². The molecule has 1 aromatic heterocycles. The number of carbonyl (C=O) groups excluding carboxylic acids is 2. The predicted octanol–water partition coefficient (Wildman–Crippen LogP) is -0.0265. The topological polar surface area (TPSA) is 90.2 Å². The summed E-state index contributed by atoms with van der Waals surface area (Å²) >= 11 is 0. The molecule has 3 rings (SSSR count). The van der Waals surface area contributed by atoms with Crippen LogP contribution in [0.4, 0.5) is 0 Å². The number of ether oxygens (including phenoxy) is 1. The summed E-state index contributed by atoms with van der Waals surface area (Å²) in [6, 6.07) is 8.12. The van der Waals surface area contributed by atoms with E-state index in [2.05, 4.69) is 26.2 Å². The number of methoxy groups -OCH3 is 1. The van der Waals surface area contributed by atoms with E-state index in [9.17, 15) is 9.59 Å². The van der Waals surface area contributed by atoms with Crippen LogP contribution in [0.15, 0.2) is 24.3 Å². The average Bonchev–Trinajstić information content (AvgIpc) is 3.01. The summed E-state index contributed by atoms with van der Waals surface area (Å²) in [5.41, 5.74) is 2.46. The van der Waals surface area contributed by atoms with E-state index < -0.39 is 5.97 Å². The summed E-state index contributed by atoms with van der Waals surface area (Å²) in [6.45, 7) is 1.29. The lowest BCUT2D eigenvalue weighted by Crippen LogP contribution is -2.38. The predicted molar refractivity (Wildman–Crippen MR) is 79.1 cm³/mol. The molecule has 0 unspecified atom stereocenters. The molecule has 8 heteroatoms. The minimum atomic E-state index is -0.441. The summed E-state index contributed by atoms with van der Waals surface area (Å²) in [5.74, 6) is -0.265. The standard InChI is InChI=1S/C15H17N5O3/c1-23-15(22)8-13-16-18-20(17-13)10-14(21)19-7-6-11-4-2-3-5-12(11)9-19/h2-5H,6-10H2,1H3. The molecule has 2 heterocycles. The molecule has 120 valence electrons. The zero-order valence-corrected chi connectivity index (χ0v) is 12.8. The van der Waals surface area contributed by atoms with Gasteiger partial charge in [-0.05, 0) is 22.8 Å². The molecule has 0 radical (unpaired) electrons. The lowest BCUT2D eigenvalue weighted by Gasteiger charge is -2.28. The number of nitrogens with zero attached hydrogens (tertiary/aromatic N) is 5. The van der Waals surface area contributed by atoms with E-state index in [1.54, 1.807) is 4.90 Å². The molecule has 1 aliphatic rings. The second kappa shape index (κ2) is 6.55. The number of fused-ring (bicyclic) bond motifs is 1. The molecular formula is C15H17N5O3. The molecule has 0 bridgehead atoms. The minimum absolute atomic E-state index is 0.0103. The van der Waals surface area contributed by atoms with Gasteiger partial charge in [-0.2, -0.15) is 4.80 Å². The van der Waals surface area contributed by atoms with E-state index in [4.69, 9.17) is 0 Å². The van der Waals surface area contributed by atoms with Crippen LogP contribution in [0.25, 0.3) is 0 Å². The van der Waals surface area contributed by atoms with E-state index in [1.807, 2.05) is 18.2 Å². The van der Waals surface area contributed by atoms with Crippen molar-refractivity contribution in [3.05, 3.63) is 41.2 Å². The van der Waals surface area contributed by atoms with E-state index in [1.165, 1.54) is 23.0 Å². The molecule has 2 aromatic rings. The quantitative estimate of drug-likeness (QED) is 0.736. The zero-order chi connectivity index (χ0) is 16.2. The van der Waals surface area contributed by atoms with Crippen molar-refractivity contribution in [2.45, 2.75) is 25.9 Å². The average molecular weight is 315 g/mol. The number of carbonyl (C=O) groups is 2. The molecule has 0 aliphatic carbocycles. The number of hydrogen-bond acceptors (Lipinski definition) is 6. The Balaban J connectivity index is 1.61. The fraction of sp³-hybridized carbons (Fsp3) is 0.400. The highest BCUT2D eigenvalue weighted by Crippen LogP contribution is 2.18. The molecule has 1 aromatic carbocycles. The highest BCUT2D eigenvalue weighted by molar-refractivity contribution is 5.76. The van der Waals surface area contributed by atoms with Crippen LogP contribution < -0.4 is 0 Å². The number of benzene rings is 1. The van der Waals surface area contributed by atoms with Gasteiger partial charge in [0, 0.05) is 13.1 Å². The Hall–Kier alpha value is -2.77. The summed E-state index contributed by atoms with van der Waals surface area (Å²) < 4.78 is 4.54. The number of rotatable bonds is 4. The third-order valence-electron chi connectivity index (χ3n) is 3.78. The maximum atomic E-state index is 12.4. The van der Waals surface area contributed by atoms with Crippen LogP contribution in [-0.2, 0) is 40.3 Å². The van der Waals surface area contributed by atoms with Crippen LogP contribution in [0.5, 0.6) is 0 Å². The van der Waals surface area contributed by atoms with Gasteiger partial charge in [-0.15, -0.1) is 10.2 Å². The fourth-order valence-corrected chi connectivity index (χ4v) is 2.55. The number of amides is 1. The summed E-state index contributed by atoms with van der Waals surface area (Å²) in [4.78, 5) is 26.5. The first-order valence-corrected chi connectivity index (χ1v) is 7.34. The van der Waals surface area contributed by atoms with Crippen LogP contribution in [0.3, 0.4) is 0 Å². The maximum absolute atomic E-state index is 12.4. The molecular weight excluding hydrogens is 298 g/mol. The molecule has 1 amide bonds. The van der Waals surface area contributed by atoms with E-state index in [0.717, 1.165) is 6.42 Å². The van der Waals surface area contributed by atoms with Crippen molar-refractivity contribution in [2.24, 2.45) is 0 Å². The number of esters is 1. The van der Waals surface area contributed by atoms with Gasteiger partial charge in [-0.25, -0.2) is 0 Å². The third-order valence-corrected chi connectivity index (χ3v) is 3.78. The second-order valence-corrected chi connectivity index (χ2v) is 5.32. The van der Waals surface area contributed by atoms with Gasteiger partial charge in [0.2, 0.25) is 5.91 Å². The lowest BCUT2D eigenvalue weighted by molar-refractivity contribution is -0.140. The van der Waals surface area contributed by atoms with Crippen LogP contribution in [0.1, 0.15) is 17.0 Å². The van der Waals surface area contributed by atoms with Gasteiger partial charge >= 0.3 is 5.97 Å². The van der Waals surface area contributed by atoms with Crippen molar-refractivity contribution in [3.8, 4) is 0 Å². The first kappa shape index (κ1) is 15.1. The van der Waals surface area contributed by atoms with E-state index >= 15 is 0 Å². The highest BCUT2D eigenvalue weighted by Gasteiger charge is 2.21. The van der Waals surface area contributed by atoms with Crippen molar-refractivity contribution >= 4 is 11.9 Å². The Bertz CT molecular complexity index is 727. The van der Waals surface area contributed by atoms with Gasteiger partial charge in [-0.3, -0.25) is 9.59 Å². The number of tetrazole rings is 1. The van der Waals surface area contributed by atoms with Crippen LogP contribution in [0, 0.1) is 0 Å². The molecule has 0 fully saturated rings. The molecule has 1 aliphatic heterocycles. The SMILES string of the molecule is COC(=O)Cc1nnn(CC(=O)N2CCc3ccccc3C2)n1. The lowest BCUT2D eigenvalue weighted by atomic mass is 10.00. The van der Waals surface area contributed by atoms with Gasteiger partial charge < -0.3 is 9.64 Å². The summed E-state index contributed by atoms with van der Waals surface area (Å²) in [5, 5.41) is 11.6. The van der Waals surface area contributed by atoms with Crippen molar-refractivity contribution < 1.29 is 14.3 Å². The molecule has 0 saturated heterocycles. The van der Waals surface area contributed by atoms with Crippen LogP contribution in [-0.4, -0.2) is 50.6 Å². The number of aromatic nitrogens is 4. The third kappa shape index (κ3) is 3.53. The Morgan fingerprint density at radius 1 is 1.26 bits per heavy atom. The van der Waals surface area contributed by atoms with Gasteiger partial charge in [0.1, 0.15) is 13.0 Å². The van der Waals surface area contributed by atoms with Crippen LogP contribution >= 0.6 is 0 Å². The molecule has 0 atom stereocenters. The molecule has 8 nitrogen and oxygen atoms in total. The minimum Gasteiger partial charge on any atom is -0.469 e. The first-order chi connectivity index (χ1) is 11.2. The summed E-state index contributed by atoms with van der Waals surface area (Å²) in [7, 11) is 1.30. The fourth-order valence-electron chi connectivity index (χ4n) is 2.55. The molecule has 0 N–H and O–H groups in total. The first-order valence-electron chi connectivity index (χ1n) is 7.34.